The van der Waals surface area contributed by atoms with Crippen molar-refractivity contribution in [3.05, 3.63) is 30.3 Å². The highest BCUT2D eigenvalue weighted by Crippen LogP contribution is 2.29. The molecule has 1 heterocycles. The molecule has 1 amide bonds. The topological polar surface area (TPSA) is 126 Å². The molecule has 0 bridgehead atoms. The van der Waals surface area contributed by atoms with Gasteiger partial charge in [-0.3, -0.25) is 19.2 Å². The van der Waals surface area contributed by atoms with Crippen molar-refractivity contribution in [1.82, 2.24) is 5.32 Å². The third-order valence-corrected chi connectivity index (χ3v) is 4.07. The molecule has 1 aliphatic heterocycles. The molecule has 2 rings (SSSR count). The van der Waals surface area contributed by atoms with Gasteiger partial charge in [0.25, 0.3) is 0 Å². The smallest absolute Gasteiger partial charge is 0.303 e. The Bertz CT molecular complexity index is 767. The van der Waals surface area contributed by atoms with Crippen molar-refractivity contribution in [3.8, 4) is 5.75 Å². The largest absolute Gasteiger partial charge is 0.463 e. The van der Waals surface area contributed by atoms with E-state index in [1.165, 1.54) is 27.7 Å². The first-order chi connectivity index (χ1) is 14.2. The molecular formula is C20H25NO9. The number of hydrogen-bond donors (Lipinski definition) is 1. The van der Waals surface area contributed by atoms with Gasteiger partial charge < -0.3 is 29.0 Å². The maximum atomic E-state index is 11.8. The number of carbonyl (C=O) groups is 4. The van der Waals surface area contributed by atoms with Crippen LogP contribution in [-0.4, -0.2) is 61.1 Å². The number of carbonyl (C=O) groups excluding carboxylic acids is 4. The summed E-state index contributed by atoms with van der Waals surface area (Å²) in [4.78, 5) is 46.6. The van der Waals surface area contributed by atoms with Gasteiger partial charge in [-0.15, -0.1) is 0 Å². The molecule has 30 heavy (non-hydrogen) atoms. The van der Waals surface area contributed by atoms with Gasteiger partial charge in [0, 0.05) is 27.7 Å². The molecular weight excluding hydrogens is 398 g/mol. The van der Waals surface area contributed by atoms with Crippen LogP contribution in [0.15, 0.2) is 30.3 Å². The number of esters is 3. The summed E-state index contributed by atoms with van der Waals surface area (Å²) >= 11 is 0. The fourth-order valence-electron chi connectivity index (χ4n) is 3.02. The van der Waals surface area contributed by atoms with Crippen molar-refractivity contribution in [2.75, 3.05) is 6.61 Å². The summed E-state index contributed by atoms with van der Waals surface area (Å²) in [6, 6.07) is 7.62. The first-order valence-corrected chi connectivity index (χ1v) is 9.29. The molecule has 1 aliphatic rings. The summed E-state index contributed by atoms with van der Waals surface area (Å²) in [7, 11) is 0. The molecule has 0 aromatic heterocycles. The van der Waals surface area contributed by atoms with Gasteiger partial charge in [-0.1, -0.05) is 18.2 Å². The normalized spacial score (nSPS) is 25.5. The van der Waals surface area contributed by atoms with Gasteiger partial charge in [-0.25, -0.2) is 0 Å². The van der Waals surface area contributed by atoms with Crippen molar-refractivity contribution >= 4 is 23.8 Å². The number of amides is 1. The molecule has 0 spiro atoms. The van der Waals surface area contributed by atoms with Crippen LogP contribution in [0.25, 0.3) is 0 Å². The maximum Gasteiger partial charge on any atom is 0.303 e. The number of hydrogen-bond acceptors (Lipinski definition) is 9. The molecule has 0 aliphatic carbocycles. The minimum Gasteiger partial charge on any atom is -0.463 e. The molecule has 10 heteroatoms. The Kier molecular flexibility index (Phi) is 8.16. The average Bonchev–Trinajstić information content (AvgIpc) is 2.64. The van der Waals surface area contributed by atoms with Gasteiger partial charge >= 0.3 is 17.9 Å². The Balaban J connectivity index is 2.42. The van der Waals surface area contributed by atoms with E-state index in [-0.39, 0.29) is 6.61 Å². The Morgan fingerprint density at radius 1 is 0.900 bits per heavy atom. The standard InChI is InChI=1S/C20H25NO9/c1-11(22)21-17-19(28-14(4)25)18(27-13(3)24)16(10-26-12(2)23)30-20(17)29-15-8-6-5-7-9-15/h5-9,16-20H,10H2,1-4H3,(H,21,22)/t16-,17+,18-,19+,20-/m1/s1. The summed E-state index contributed by atoms with van der Waals surface area (Å²) in [5, 5.41) is 2.63. The van der Waals surface area contributed by atoms with Gasteiger partial charge in [0.2, 0.25) is 12.2 Å². The van der Waals surface area contributed by atoms with E-state index in [2.05, 4.69) is 5.32 Å². The Morgan fingerprint density at radius 3 is 2.03 bits per heavy atom. The van der Waals surface area contributed by atoms with E-state index in [1.54, 1.807) is 30.3 Å². The fraction of sp³-hybridized carbons (Fsp3) is 0.500. The monoisotopic (exact) mass is 423 g/mol. The van der Waals surface area contributed by atoms with Gasteiger partial charge in [0.15, 0.2) is 12.2 Å². The third-order valence-electron chi connectivity index (χ3n) is 4.07. The van der Waals surface area contributed by atoms with E-state index in [0.717, 1.165) is 0 Å². The minimum atomic E-state index is -1.15. The van der Waals surface area contributed by atoms with E-state index in [9.17, 15) is 19.2 Å². The molecule has 1 aromatic carbocycles. The maximum absolute atomic E-state index is 11.8. The molecule has 1 aromatic rings. The third kappa shape index (κ3) is 6.73. The summed E-state index contributed by atoms with van der Waals surface area (Å²) < 4.78 is 27.5. The van der Waals surface area contributed by atoms with Crippen LogP contribution in [0.3, 0.4) is 0 Å². The molecule has 0 radical (unpaired) electrons. The Hall–Kier alpha value is -3.14. The van der Waals surface area contributed by atoms with Crippen molar-refractivity contribution in [3.63, 3.8) is 0 Å². The van der Waals surface area contributed by atoms with E-state index >= 15 is 0 Å². The highest BCUT2D eigenvalue weighted by molar-refractivity contribution is 5.73. The first kappa shape index (κ1) is 23.1. The van der Waals surface area contributed by atoms with E-state index in [1.807, 2.05) is 0 Å². The SMILES string of the molecule is CC(=O)N[C@@H]1[C@H](Oc2ccccc2)O[C@H](COC(C)=O)[C@@H](OC(C)=O)[C@H]1OC(C)=O. The second-order valence-electron chi connectivity index (χ2n) is 6.65. The average molecular weight is 423 g/mol. The van der Waals surface area contributed by atoms with Gasteiger partial charge in [0.05, 0.1) is 0 Å². The van der Waals surface area contributed by atoms with Crippen LogP contribution in [0, 0.1) is 0 Å². The first-order valence-electron chi connectivity index (χ1n) is 9.29. The van der Waals surface area contributed by atoms with E-state index < -0.39 is 54.5 Å². The van der Waals surface area contributed by atoms with Crippen LogP contribution < -0.4 is 10.1 Å². The highest BCUT2D eigenvalue weighted by atomic mass is 16.7. The van der Waals surface area contributed by atoms with Gasteiger partial charge in [-0.05, 0) is 12.1 Å². The Labute approximate surface area is 173 Å². The number of benzene rings is 1. The summed E-state index contributed by atoms with van der Waals surface area (Å²) in [6.07, 6.45) is -4.45. The lowest BCUT2D eigenvalue weighted by Crippen LogP contribution is -2.67. The predicted octanol–water partition coefficient (Wildman–Crippen LogP) is 0.721. The second-order valence-corrected chi connectivity index (χ2v) is 6.65. The summed E-state index contributed by atoms with van der Waals surface area (Å²) in [5.74, 6) is -1.93. The second kappa shape index (κ2) is 10.6. The molecule has 5 atom stereocenters. The minimum absolute atomic E-state index is 0.285. The number of para-hydroxylation sites is 1. The van der Waals surface area contributed by atoms with Crippen LogP contribution >= 0.6 is 0 Å². The predicted molar refractivity (Wildman–Crippen MR) is 101 cm³/mol. The molecule has 164 valence electrons. The zero-order valence-corrected chi connectivity index (χ0v) is 17.2. The van der Waals surface area contributed by atoms with Crippen molar-refractivity contribution in [2.24, 2.45) is 0 Å². The molecule has 1 N–H and O–H groups in total. The summed E-state index contributed by atoms with van der Waals surface area (Å²) in [6.45, 7) is 4.56. The molecule has 0 saturated carbocycles. The van der Waals surface area contributed by atoms with Gasteiger partial charge in [0.1, 0.15) is 24.5 Å². The zero-order valence-electron chi connectivity index (χ0n) is 17.2. The van der Waals surface area contributed by atoms with Crippen LogP contribution in [0.4, 0.5) is 0 Å². The lowest BCUT2D eigenvalue weighted by Gasteiger charge is -2.44. The van der Waals surface area contributed by atoms with Crippen LogP contribution in [0.1, 0.15) is 27.7 Å². The molecule has 0 unspecified atom stereocenters. The molecule has 1 fully saturated rings. The van der Waals surface area contributed by atoms with Crippen LogP contribution in [-0.2, 0) is 38.1 Å². The lowest BCUT2D eigenvalue weighted by molar-refractivity contribution is -0.257. The summed E-state index contributed by atoms with van der Waals surface area (Å²) in [5.41, 5.74) is 0. The van der Waals surface area contributed by atoms with Crippen LogP contribution in [0.5, 0.6) is 5.75 Å². The number of rotatable bonds is 7. The number of ether oxygens (including phenoxy) is 5. The van der Waals surface area contributed by atoms with Crippen molar-refractivity contribution in [1.29, 1.82) is 0 Å². The van der Waals surface area contributed by atoms with Gasteiger partial charge in [-0.2, -0.15) is 0 Å². The fourth-order valence-corrected chi connectivity index (χ4v) is 3.02. The van der Waals surface area contributed by atoms with E-state index in [4.69, 9.17) is 23.7 Å². The molecule has 10 nitrogen and oxygen atoms in total. The van der Waals surface area contributed by atoms with Crippen LogP contribution in [0.2, 0.25) is 0 Å². The quantitative estimate of drug-likeness (QED) is 0.498. The van der Waals surface area contributed by atoms with E-state index in [0.29, 0.717) is 5.75 Å². The molecule has 1 saturated heterocycles. The Morgan fingerprint density at radius 2 is 1.50 bits per heavy atom. The lowest BCUT2D eigenvalue weighted by atomic mass is 9.96. The van der Waals surface area contributed by atoms with Crippen molar-refractivity contribution < 1.29 is 42.9 Å². The highest BCUT2D eigenvalue weighted by Gasteiger charge is 2.51. The van der Waals surface area contributed by atoms with Crippen molar-refractivity contribution in [2.45, 2.75) is 58.3 Å². The number of nitrogens with one attached hydrogen (secondary N) is 1. The zero-order chi connectivity index (χ0) is 22.3.